The summed E-state index contributed by atoms with van der Waals surface area (Å²) in [6.07, 6.45) is 1.48. The number of nitrogens with two attached hydrogens (primary N) is 1. The van der Waals surface area contributed by atoms with Gasteiger partial charge in [-0.1, -0.05) is 5.21 Å². The van der Waals surface area contributed by atoms with Crippen LogP contribution in [0.4, 0.5) is 0 Å². The number of carboxylic acids is 1. The first-order valence-corrected chi connectivity index (χ1v) is 6.50. The Kier molecular flexibility index (Phi) is 3.82. The first-order chi connectivity index (χ1) is 8.63. The van der Waals surface area contributed by atoms with Crippen LogP contribution in [0.5, 0.6) is 0 Å². The summed E-state index contributed by atoms with van der Waals surface area (Å²) in [4.78, 5) is 24.4. The monoisotopic (exact) mass is 271 g/mol. The Balaban J connectivity index is 2.12. The van der Waals surface area contributed by atoms with Crippen LogP contribution in [0, 0.1) is 0 Å². The molecule has 1 atom stereocenters. The largest absolute Gasteiger partial charge is 0.480 e. The molecule has 3 N–H and O–H groups in total. The number of hydrogen-bond acceptors (Lipinski definition) is 6. The highest BCUT2D eigenvalue weighted by molar-refractivity contribution is 7.99. The van der Waals surface area contributed by atoms with Crippen molar-refractivity contribution in [2.45, 2.75) is 12.6 Å². The molecule has 1 aliphatic rings. The van der Waals surface area contributed by atoms with Crippen LogP contribution in [-0.4, -0.2) is 61.1 Å². The number of rotatable bonds is 4. The molecular formula is C9H13N5O3S. The van der Waals surface area contributed by atoms with E-state index in [1.54, 1.807) is 0 Å². The van der Waals surface area contributed by atoms with Gasteiger partial charge >= 0.3 is 5.97 Å². The van der Waals surface area contributed by atoms with Crippen molar-refractivity contribution in [3.63, 3.8) is 0 Å². The standard InChI is InChI=1S/C9H13N5O3S/c10-1-2-13-3-6(11-12-13)8(15)14-5-18-4-7(14)9(16)17/h3,7H,1-2,4-5,10H2,(H,16,17). The minimum atomic E-state index is -0.997. The van der Waals surface area contributed by atoms with Crippen LogP contribution in [0.2, 0.25) is 0 Å². The lowest BCUT2D eigenvalue weighted by atomic mass is 10.3. The van der Waals surface area contributed by atoms with Gasteiger partial charge in [-0.2, -0.15) is 0 Å². The minimum absolute atomic E-state index is 0.150. The molecule has 1 unspecified atom stereocenters. The van der Waals surface area contributed by atoms with E-state index in [1.165, 1.54) is 27.5 Å². The Labute approximate surface area is 107 Å². The summed E-state index contributed by atoms with van der Waals surface area (Å²) in [6.45, 7) is 0.867. The second-order valence-electron chi connectivity index (χ2n) is 3.78. The van der Waals surface area contributed by atoms with Crippen molar-refractivity contribution in [2.24, 2.45) is 5.73 Å². The fourth-order valence-corrected chi connectivity index (χ4v) is 2.78. The maximum absolute atomic E-state index is 12.1. The minimum Gasteiger partial charge on any atom is -0.480 e. The molecule has 0 radical (unpaired) electrons. The van der Waals surface area contributed by atoms with Gasteiger partial charge < -0.3 is 15.7 Å². The third kappa shape index (κ3) is 2.46. The van der Waals surface area contributed by atoms with Crippen LogP contribution >= 0.6 is 11.8 Å². The Bertz CT molecular complexity index is 463. The molecule has 0 aliphatic carbocycles. The Morgan fingerprint density at radius 2 is 2.39 bits per heavy atom. The van der Waals surface area contributed by atoms with E-state index >= 15 is 0 Å². The van der Waals surface area contributed by atoms with Gasteiger partial charge in [0.05, 0.1) is 18.6 Å². The molecule has 2 heterocycles. The van der Waals surface area contributed by atoms with E-state index in [9.17, 15) is 9.59 Å². The summed E-state index contributed by atoms with van der Waals surface area (Å²) in [5.41, 5.74) is 5.52. The molecule has 2 rings (SSSR count). The molecule has 18 heavy (non-hydrogen) atoms. The van der Waals surface area contributed by atoms with Crippen molar-refractivity contribution >= 4 is 23.6 Å². The van der Waals surface area contributed by atoms with E-state index in [1.807, 2.05) is 0 Å². The normalized spacial score (nSPS) is 19.2. The second-order valence-corrected chi connectivity index (χ2v) is 4.78. The molecule has 0 aromatic carbocycles. The van der Waals surface area contributed by atoms with Crippen LogP contribution in [0.3, 0.4) is 0 Å². The number of aromatic nitrogens is 3. The zero-order chi connectivity index (χ0) is 13.1. The number of carbonyl (C=O) groups is 2. The molecule has 0 spiro atoms. The number of thioether (sulfide) groups is 1. The molecule has 9 heteroatoms. The zero-order valence-corrected chi connectivity index (χ0v) is 10.3. The van der Waals surface area contributed by atoms with Gasteiger partial charge in [0.25, 0.3) is 5.91 Å². The van der Waals surface area contributed by atoms with Gasteiger partial charge in [-0.05, 0) is 0 Å². The number of hydrogen-bond donors (Lipinski definition) is 2. The Hall–Kier alpha value is -1.61. The van der Waals surface area contributed by atoms with Crippen molar-refractivity contribution in [1.82, 2.24) is 19.9 Å². The number of amides is 1. The average Bonchev–Trinajstić information content (AvgIpc) is 2.96. The summed E-state index contributed by atoms with van der Waals surface area (Å²) < 4.78 is 1.46. The Morgan fingerprint density at radius 3 is 3.06 bits per heavy atom. The fraction of sp³-hybridized carbons (Fsp3) is 0.556. The van der Waals surface area contributed by atoms with Gasteiger partial charge in [0.1, 0.15) is 6.04 Å². The van der Waals surface area contributed by atoms with Gasteiger partial charge in [0, 0.05) is 12.3 Å². The molecule has 1 aromatic heterocycles. The zero-order valence-electron chi connectivity index (χ0n) is 9.52. The van der Waals surface area contributed by atoms with E-state index in [4.69, 9.17) is 10.8 Å². The molecule has 8 nitrogen and oxygen atoms in total. The maximum Gasteiger partial charge on any atom is 0.327 e. The smallest absolute Gasteiger partial charge is 0.327 e. The summed E-state index contributed by atoms with van der Waals surface area (Å²) >= 11 is 1.41. The van der Waals surface area contributed by atoms with Crippen LogP contribution in [0.1, 0.15) is 10.5 Å². The molecule has 0 saturated carbocycles. The van der Waals surface area contributed by atoms with Crippen molar-refractivity contribution < 1.29 is 14.7 Å². The molecular weight excluding hydrogens is 258 g/mol. The molecule has 98 valence electrons. The summed E-state index contributed by atoms with van der Waals surface area (Å²) in [5, 5.41) is 16.5. The lowest BCUT2D eigenvalue weighted by Crippen LogP contribution is -2.41. The highest BCUT2D eigenvalue weighted by Gasteiger charge is 2.36. The van der Waals surface area contributed by atoms with Crippen molar-refractivity contribution in [3.8, 4) is 0 Å². The van der Waals surface area contributed by atoms with Gasteiger partial charge in [0.2, 0.25) is 0 Å². The maximum atomic E-state index is 12.1. The van der Waals surface area contributed by atoms with Gasteiger partial charge in [-0.3, -0.25) is 9.48 Å². The number of nitrogens with zero attached hydrogens (tertiary/aromatic N) is 4. The molecule has 0 bridgehead atoms. The summed E-state index contributed by atoms with van der Waals surface area (Å²) in [5.74, 6) is -0.643. The highest BCUT2D eigenvalue weighted by atomic mass is 32.2. The number of carbonyl (C=O) groups excluding carboxylic acids is 1. The topological polar surface area (TPSA) is 114 Å². The van der Waals surface area contributed by atoms with Gasteiger partial charge in [0.15, 0.2) is 5.69 Å². The van der Waals surface area contributed by atoms with Crippen molar-refractivity contribution in [1.29, 1.82) is 0 Å². The van der Waals surface area contributed by atoms with Crippen LogP contribution in [-0.2, 0) is 11.3 Å². The van der Waals surface area contributed by atoms with Crippen molar-refractivity contribution in [2.75, 3.05) is 18.2 Å². The van der Waals surface area contributed by atoms with Crippen LogP contribution in [0.25, 0.3) is 0 Å². The van der Waals surface area contributed by atoms with E-state index in [-0.39, 0.29) is 5.69 Å². The number of aliphatic carboxylic acids is 1. The molecule has 1 amide bonds. The van der Waals surface area contributed by atoms with Crippen LogP contribution < -0.4 is 5.73 Å². The predicted molar refractivity (Wildman–Crippen MR) is 64.0 cm³/mol. The fourth-order valence-electron chi connectivity index (χ4n) is 1.63. The summed E-state index contributed by atoms with van der Waals surface area (Å²) in [7, 11) is 0. The van der Waals surface area contributed by atoms with E-state index in [2.05, 4.69) is 10.3 Å². The molecule has 1 aliphatic heterocycles. The lowest BCUT2D eigenvalue weighted by molar-refractivity contribution is -0.140. The second kappa shape index (κ2) is 5.36. The van der Waals surface area contributed by atoms with Gasteiger partial charge in [-0.25, -0.2) is 4.79 Å². The Morgan fingerprint density at radius 1 is 1.61 bits per heavy atom. The summed E-state index contributed by atoms with van der Waals surface area (Å²) in [6, 6.07) is -0.790. The molecule has 1 fully saturated rings. The predicted octanol–water partition coefficient (Wildman–Crippen LogP) is -1.16. The quantitative estimate of drug-likeness (QED) is 0.709. The van der Waals surface area contributed by atoms with E-state index < -0.39 is 17.9 Å². The number of carboxylic acid groups (broad SMARTS) is 1. The van der Waals surface area contributed by atoms with E-state index in [0.29, 0.717) is 24.7 Å². The first-order valence-electron chi connectivity index (χ1n) is 5.35. The third-order valence-corrected chi connectivity index (χ3v) is 3.56. The SMILES string of the molecule is NCCn1cc(C(=O)N2CSCC2C(=O)O)nn1. The van der Waals surface area contributed by atoms with Crippen molar-refractivity contribution in [3.05, 3.63) is 11.9 Å². The average molecular weight is 271 g/mol. The van der Waals surface area contributed by atoms with Gasteiger partial charge in [-0.15, -0.1) is 16.9 Å². The first kappa shape index (κ1) is 12.8. The van der Waals surface area contributed by atoms with Crippen LogP contribution in [0.15, 0.2) is 6.20 Å². The molecule has 1 aromatic rings. The highest BCUT2D eigenvalue weighted by Crippen LogP contribution is 2.22. The van der Waals surface area contributed by atoms with E-state index in [0.717, 1.165) is 0 Å². The lowest BCUT2D eigenvalue weighted by Gasteiger charge is -2.18. The third-order valence-electron chi connectivity index (χ3n) is 2.54. The molecule has 1 saturated heterocycles.